The Kier molecular flexibility index (Phi) is 3.34. The molecule has 0 amide bonds. The molecule has 1 aliphatic heterocycles. The molecule has 0 aromatic heterocycles. The summed E-state index contributed by atoms with van der Waals surface area (Å²) in [6, 6.07) is 1.02. The van der Waals surface area contributed by atoms with E-state index < -0.39 is 0 Å². The van der Waals surface area contributed by atoms with Crippen LogP contribution in [0.1, 0.15) is 33.1 Å². The molecule has 0 bridgehead atoms. The maximum atomic E-state index is 8.96. The summed E-state index contributed by atoms with van der Waals surface area (Å²) in [6.07, 6.45) is 3.95. The summed E-state index contributed by atoms with van der Waals surface area (Å²) < 4.78 is 0. The first-order chi connectivity index (χ1) is 5.25. The van der Waals surface area contributed by atoms with Crippen LogP contribution in [0.15, 0.2) is 0 Å². The molecule has 0 radical (unpaired) electrons. The van der Waals surface area contributed by atoms with E-state index in [1.165, 1.54) is 25.8 Å². The standard InChI is InChI=1S/C9H19NO/c1-8-5-3-4-6-10(8)9(2)7-11/h8-9,11H,3-7H2,1-2H3/t8-,9+/m0/s1. The van der Waals surface area contributed by atoms with Crippen molar-refractivity contribution in [3.63, 3.8) is 0 Å². The average Bonchev–Trinajstić information content (AvgIpc) is 2.04. The minimum Gasteiger partial charge on any atom is -0.395 e. The van der Waals surface area contributed by atoms with Gasteiger partial charge in [-0.05, 0) is 33.2 Å². The Labute approximate surface area is 69.2 Å². The van der Waals surface area contributed by atoms with Crippen LogP contribution in [0.3, 0.4) is 0 Å². The Morgan fingerprint density at radius 3 is 2.82 bits per heavy atom. The van der Waals surface area contributed by atoms with Crippen LogP contribution in [-0.4, -0.2) is 35.2 Å². The smallest absolute Gasteiger partial charge is 0.0584 e. The Balaban J connectivity index is 2.40. The van der Waals surface area contributed by atoms with E-state index in [4.69, 9.17) is 5.11 Å². The van der Waals surface area contributed by atoms with Gasteiger partial charge in [-0.2, -0.15) is 0 Å². The lowest BCUT2D eigenvalue weighted by Crippen LogP contribution is -2.45. The molecule has 0 saturated carbocycles. The van der Waals surface area contributed by atoms with Gasteiger partial charge in [-0.15, -0.1) is 0 Å². The Hall–Kier alpha value is -0.0800. The SMILES string of the molecule is C[C@H](CO)N1CCCC[C@@H]1C. The minimum atomic E-state index is 0.296. The monoisotopic (exact) mass is 157 g/mol. The fraction of sp³-hybridized carbons (Fsp3) is 1.00. The lowest BCUT2D eigenvalue weighted by atomic mass is 10.0. The van der Waals surface area contributed by atoms with Crippen LogP contribution in [0.5, 0.6) is 0 Å². The van der Waals surface area contributed by atoms with Crippen LogP contribution in [0.25, 0.3) is 0 Å². The van der Waals surface area contributed by atoms with Gasteiger partial charge in [0, 0.05) is 12.1 Å². The molecule has 1 aliphatic rings. The van der Waals surface area contributed by atoms with Crippen LogP contribution in [0.2, 0.25) is 0 Å². The number of nitrogens with zero attached hydrogens (tertiary/aromatic N) is 1. The number of hydrogen-bond acceptors (Lipinski definition) is 2. The number of piperidine rings is 1. The number of likely N-dealkylation sites (tertiary alicyclic amines) is 1. The first-order valence-electron chi connectivity index (χ1n) is 4.62. The molecule has 2 nitrogen and oxygen atoms in total. The lowest BCUT2D eigenvalue weighted by Gasteiger charge is -2.37. The zero-order valence-electron chi connectivity index (χ0n) is 7.58. The summed E-state index contributed by atoms with van der Waals surface area (Å²) in [5, 5.41) is 8.96. The number of rotatable bonds is 2. The van der Waals surface area contributed by atoms with Crippen molar-refractivity contribution in [3.8, 4) is 0 Å². The highest BCUT2D eigenvalue weighted by Gasteiger charge is 2.21. The van der Waals surface area contributed by atoms with Gasteiger partial charge in [-0.25, -0.2) is 0 Å². The summed E-state index contributed by atoms with van der Waals surface area (Å²) in [7, 11) is 0. The van der Waals surface area contributed by atoms with Gasteiger partial charge >= 0.3 is 0 Å². The second-order valence-corrected chi connectivity index (χ2v) is 3.61. The van der Waals surface area contributed by atoms with E-state index in [0.29, 0.717) is 18.7 Å². The molecule has 2 atom stereocenters. The maximum absolute atomic E-state index is 8.96. The first-order valence-corrected chi connectivity index (χ1v) is 4.62. The molecule has 1 heterocycles. The molecule has 0 aromatic rings. The fourth-order valence-corrected chi connectivity index (χ4v) is 1.88. The van der Waals surface area contributed by atoms with Crippen molar-refractivity contribution in [2.75, 3.05) is 13.2 Å². The van der Waals surface area contributed by atoms with E-state index in [0.717, 1.165) is 0 Å². The van der Waals surface area contributed by atoms with Crippen LogP contribution < -0.4 is 0 Å². The van der Waals surface area contributed by atoms with Crippen molar-refractivity contribution >= 4 is 0 Å². The molecule has 2 heteroatoms. The zero-order chi connectivity index (χ0) is 8.27. The molecule has 1 rings (SSSR count). The van der Waals surface area contributed by atoms with E-state index >= 15 is 0 Å². The largest absolute Gasteiger partial charge is 0.395 e. The van der Waals surface area contributed by atoms with Crippen LogP contribution in [0.4, 0.5) is 0 Å². The normalized spacial score (nSPS) is 30.3. The number of hydrogen-bond donors (Lipinski definition) is 1. The van der Waals surface area contributed by atoms with E-state index in [2.05, 4.69) is 18.7 Å². The highest BCUT2D eigenvalue weighted by molar-refractivity contribution is 4.77. The lowest BCUT2D eigenvalue weighted by molar-refractivity contribution is 0.0745. The molecule has 0 unspecified atom stereocenters. The molecule has 0 aliphatic carbocycles. The van der Waals surface area contributed by atoms with Gasteiger partial charge in [-0.3, -0.25) is 4.90 Å². The van der Waals surface area contributed by atoms with Gasteiger partial charge in [-0.1, -0.05) is 6.42 Å². The zero-order valence-corrected chi connectivity index (χ0v) is 7.58. The summed E-state index contributed by atoms with van der Waals surface area (Å²) in [5.41, 5.74) is 0. The van der Waals surface area contributed by atoms with Gasteiger partial charge in [0.15, 0.2) is 0 Å². The van der Waals surface area contributed by atoms with Crippen molar-refractivity contribution in [1.29, 1.82) is 0 Å². The highest BCUT2D eigenvalue weighted by atomic mass is 16.3. The van der Waals surface area contributed by atoms with Crippen LogP contribution >= 0.6 is 0 Å². The number of aliphatic hydroxyl groups is 1. The Bertz CT molecular complexity index is 112. The third-order valence-corrected chi connectivity index (χ3v) is 2.68. The van der Waals surface area contributed by atoms with Gasteiger partial charge in [0.2, 0.25) is 0 Å². The van der Waals surface area contributed by atoms with Crippen molar-refractivity contribution in [3.05, 3.63) is 0 Å². The third-order valence-electron chi connectivity index (χ3n) is 2.68. The first kappa shape index (κ1) is 9.01. The number of aliphatic hydroxyl groups excluding tert-OH is 1. The maximum Gasteiger partial charge on any atom is 0.0584 e. The molecular formula is C9H19NO. The van der Waals surface area contributed by atoms with E-state index in [9.17, 15) is 0 Å². The molecule has 0 spiro atoms. The minimum absolute atomic E-state index is 0.296. The highest BCUT2D eigenvalue weighted by Crippen LogP contribution is 2.18. The van der Waals surface area contributed by atoms with E-state index in [-0.39, 0.29) is 0 Å². The predicted octanol–water partition coefficient (Wildman–Crippen LogP) is 1.24. The third kappa shape index (κ3) is 2.17. The van der Waals surface area contributed by atoms with E-state index in [1.54, 1.807) is 0 Å². The van der Waals surface area contributed by atoms with Gasteiger partial charge in [0.05, 0.1) is 6.61 Å². The molecule has 66 valence electrons. The molecule has 11 heavy (non-hydrogen) atoms. The van der Waals surface area contributed by atoms with Crippen molar-refractivity contribution in [2.45, 2.75) is 45.2 Å². The fourth-order valence-electron chi connectivity index (χ4n) is 1.88. The van der Waals surface area contributed by atoms with Gasteiger partial charge in [0.1, 0.15) is 0 Å². The van der Waals surface area contributed by atoms with Crippen LogP contribution in [0, 0.1) is 0 Å². The second-order valence-electron chi connectivity index (χ2n) is 3.61. The second kappa shape index (κ2) is 4.07. The predicted molar refractivity (Wildman–Crippen MR) is 46.6 cm³/mol. The summed E-state index contributed by atoms with van der Waals surface area (Å²) >= 11 is 0. The molecule has 1 N–H and O–H groups in total. The van der Waals surface area contributed by atoms with Crippen molar-refractivity contribution < 1.29 is 5.11 Å². The quantitative estimate of drug-likeness (QED) is 0.652. The molecule has 0 aromatic carbocycles. The molecule has 1 saturated heterocycles. The van der Waals surface area contributed by atoms with Gasteiger partial charge < -0.3 is 5.11 Å². The van der Waals surface area contributed by atoms with Crippen LogP contribution in [-0.2, 0) is 0 Å². The summed E-state index contributed by atoms with van der Waals surface area (Å²) in [6.45, 7) is 5.82. The Morgan fingerprint density at radius 2 is 2.27 bits per heavy atom. The molecule has 1 fully saturated rings. The van der Waals surface area contributed by atoms with Crippen molar-refractivity contribution in [2.24, 2.45) is 0 Å². The topological polar surface area (TPSA) is 23.5 Å². The summed E-state index contributed by atoms with van der Waals surface area (Å²) in [5.74, 6) is 0. The van der Waals surface area contributed by atoms with E-state index in [1.807, 2.05) is 0 Å². The average molecular weight is 157 g/mol. The molecular weight excluding hydrogens is 138 g/mol. The van der Waals surface area contributed by atoms with Gasteiger partial charge in [0.25, 0.3) is 0 Å². The Morgan fingerprint density at radius 1 is 1.55 bits per heavy atom. The summed E-state index contributed by atoms with van der Waals surface area (Å²) in [4.78, 5) is 2.41. The van der Waals surface area contributed by atoms with Crippen molar-refractivity contribution in [1.82, 2.24) is 4.90 Å².